The first kappa shape index (κ1) is 30.6. The van der Waals surface area contributed by atoms with Crippen LogP contribution in [0.15, 0.2) is 83.8 Å². The van der Waals surface area contributed by atoms with Crippen LogP contribution >= 0.6 is 0 Å². The molecule has 3 aromatic rings. The van der Waals surface area contributed by atoms with E-state index >= 15 is 0 Å². The van der Waals surface area contributed by atoms with Crippen LogP contribution in [0.3, 0.4) is 0 Å². The number of benzene rings is 3. The number of sulfonamides is 1. The lowest BCUT2D eigenvalue weighted by Gasteiger charge is -2.35. The van der Waals surface area contributed by atoms with Gasteiger partial charge in [0.25, 0.3) is 10.0 Å². The topological polar surface area (TPSA) is 96.0 Å². The van der Waals surface area contributed by atoms with Crippen molar-refractivity contribution in [3.8, 4) is 5.75 Å². The molecule has 0 spiro atoms. The summed E-state index contributed by atoms with van der Waals surface area (Å²) in [6, 6.07) is 19.0. The number of ether oxygens (including phenoxy) is 1. The summed E-state index contributed by atoms with van der Waals surface area (Å²) in [6.45, 7) is 6.65. The van der Waals surface area contributed by atoms with Gasteiger partial charge in [-0.2, -0.15) is 0 Å². The second-order valence-electron chi connectivity index (χ2n) is 10.3. The maximum absolute atomic E-state index is 14.1. The Morgan fingerprint density at radius 1 is 0.950 bits per heavy atom. The third-order valence-electron chi connectivity index (χ3n) is 6.11. The lowest BCUT2D eigenvalue weighted by molar-refractivity contribution is -0.141. The van der Waals surface area contributed by atoms with Gasteiger partial charge in [0.2, 0.25) is 11.8 Å². The Morgan fingerprint density at radius 2 is 1.55 bits per heavy atom. The van der Waals surface area contributed by atoms with Gasteiger partial charge in [-0.25, -0.2) is 12.8 Å². The summed E-state index contributed by atoms with van der Waals surface area (Å²) in [5, 5.41) is 2.92. The minimum absolute atomic E-state index is 0.00342. The molecule has 8 nitrogen and oxygen atoms in total. The van der Waals surface area contributed by atoms with Crippen molar-refractivity contribution in [1.82, 2.24) is 10.2 Å². The van der Waals surface area contributed by atoms with Crippen molar-refractivity contribution in [2.45, 2.75) is 57.1 Å². The largest absolute Gasteiger partial charge is 0.495 e. The molecule has 0 saturated carbocycles. The first-order valence-corrected chi connectivity index (χ1v) is 14.4. The second kappa shape index (κ2) is 13.0. The summed E-state index contributed by atoms with van der Waals surface area (Å²) in [7, 11) is -2.80. The van der Waals surface area contributed by atoms with Gasteiger partial charge in [0.15, 0.2) is 0 Å². The van der Waals surface area contributed by atoms with Crippen LogP contribution in [0.2, 0.25) is 0 Å². The van der Waals surface area contributed by atoms with Crippen molar-refractivity contribution in [2.75, 3.05) is 18.0 Å². The molecule has 0 fully saturated rings. The Hall–Kier alpha value is -3.92. The van der Waals surface area contributed by atoms with Crippen molar-refractivity contribution >= 4 is 27.5 Å². The number of nitrogens with zero attached hydrogens (tertiary/aromatic N) is 2. The zero-order valence-electron chi connectivity index (χ0n) is 23.4. The quantitative estimate of drug-likeness (QED) is 0.360. The summed E-state index contributed by atoms with van der Waals surface area (Å²) in [6.07, 6.45) is 0.273. The highest BCUT2D eigenvalue weighted by molar-refractivity contribution is 7.92. The number of rotatable bonds is 11. The molecule has 40 heavy (non-hydrogen) atoms. The van der Waals surface area contributed by atoms with E-state index in [0.29, 0.717) is 5.56 Å². The van der Waals surface area contributed by atoms with Crippen LogP contribution in [-0.2, 0) is 26.2 Å². The third-order valence-corrected chi connectivity index (χ3v) is 7.89. The van der Waals surface area contributed by atoms with E-state index in [1.807, 2.05) is 20.8 Å². The lowest BCUT2D eigenvalue weighted by Crippen LogP contribution is -2.55. The third kappa shape index (κ3) is 7.59. The van der Waals surface area contributed by atoms with E-state index in [2.05, 4.69) is 5.32 Å². The fourth-order valence-corrected chi connectivity index (χ4v) is 5.67. The average Bonchev–Trinajstić information content (AvgIpc) is 2.92. The molecule has 3 rings (SSSR count). The Labute approximate surface area is 235 Å². The Balaban J connectivity index is 2.09. The summed E-state index contributed by atoms with van der Waals surface area (Å²) in [5.74, 6) is -1.15. The number of carbonyl (C=O) groups is 2. The minimum Gasteiger partial charge on any atom is -0.495 e. The highest BCUT2D eigenvalue weighted by Crippen LogP contribution is 2.32. The van der Waals surface area contributed by atoms with Crippen molar-refractivity contribution in [1.29, 1.82) is 0 Å². The van der Waals surface area contributed by atoms with Crippen LogP contribution in [0, 0.1) is 5.82 Å². The predicted molar refractivity (Wildman–Crippen MR) is 153 cm³/mol. The van der Waals surface area contributed by atoms with E-state index in [1.54, 1.807) is 49.4 Å². The van der Waals surface area contributed by atoms with Crippen LogP contribution in [0.25, 0.3) is 0 Å². The van der Waals surface area contributed by atoms with Crippen molar-refractivity contribution in [3.63, 3.8) is 0 Å². The number of amides is 2. The highest BCUT2D eigenvalue weighted by Gasteiger charge is 2.35. The number of carbonyl (C=O) groups excluding carboxylic acids is 2. The number of anilines is 1. The van der Waals surface area contributed by atoms with Crippen molar-refractivity contribution < 1.29 is 27.1 Å². The number of hydrogen-bond donors (Lipinski definition) is 1. The number of halogens is 1. The molecular formula is C30H36FN3O5S. The molecule has 0 aliphatic rings. The van der Waals surface area contributed by atoms with Gasteiger partial charge in [0.05, 0.1) is 17.7 Å². The molecule has 214 valence electrons. The Kier molecular flexibility index (Phi) is 9.92. The Morgan fingerprint density at radius 3 is 2.12 bits per heavy atom. The van der Waals surface area contributed by atoms with Gasteiger partial charge in [0, 0.05) is 12.1 Å². The van der Waals surface area contributed by atoms with Gasteiger partial charge < -0.3 is 15.0 Å². The molecule has 0 bridgehead atoms. The molecule has 1 atom stereocenters. The molecule has 10 heteroatoms. The van der Waals surface area contributed by atoms with Gasteiger partial charge >= 0.3 is 0 Å². The summed E-state index contributed by atoms with van der Waals surface area (Å²) in [5.41, 5.74) is 0.206. The fraction of sp³-hybridized carbons (Fsp3) is 0.333. The van der Waals surface area contributed by atoms with Gasteiger partial charge in [-0.15, -0.1) is 0 Å². The minimum atomic E-state index is -4.22. The first-order chi connectivity index (χ1) is 18.9. The number of hydrogen-bond acceptors (Lipinski definition) is 5. The average molecular weight is 570 g/mol. The van der Waals surface area contributed by atoms with E-state index < -0.39 is 39.9 Å². The van der Waals surface area contributed by atoms with Crippen molar-refractivity contribution in [3.05, 3.63) is 90.2 Å². The van der Waals surface area contributed by atoms with Gasteiger partial charge in [-0.3, -0.25) is 13.9 Å². The molecule has 0 aromatic heterocycles. The van der Waals surface area contributed by atoms with Crippen LogP contribution in [0.5, 0.6) is 5.75 Å². The van der Waals surface area contributed by atoms with E-state index in [0.717, 1.165) is 4.31 Å². The van der Waals surface area contributed by atoms with Gasteiger partial charge in [-0.05, 0) is 69.2 Å². The number of nitrogens with one attached hydrogen (secondary N) is 1. The summed E-state index contributed by atoms with van der Waals surface area (Å²) >= 11 is 0. The fourth-order valence-electron chi connectivity index (χ4n) is 4.23. The van der Waals surface area contributed by atoms with Crippen LogP contribution in [0.1, 0.15) is 39.7 Å². The monoisotopic (exact) mass is 569 g/mol. The van der Waals surface area contributed by atoms with Gasteiger partial charge in [-0.1, -0.05) is 49.4 Å². The molecule has 0 aliphatic carbocycles. The molecule has 0 unspecified atom stereocenters. The molecule has 0 radical (unpaired) electrons. The van der Waals surface area contributed by atoms with Gasteiger partial charge in [0.1, 0.15) is 24.2 Å². The normalized spacial score (nSPS) is 12.3. The van der Waals surface area contributed by atoms with E-state index in [-0.39, 0.29) is 35.2 Å². The van der Waals surface area contributed by atoms with Crippen molar-refractivity contribution in [2.24, 2.45) is 0 Å². The maximum atomic E-state index is 14.1. The summed E-state index contributed by atoms with van der Waals surface area (Å²) < 4.78 is 47.8. The lowest BCUT2D eigenvalue weighted by atomic mass is 10.1. The Bertz CT molecular complexity index is 1410. The smallest absolute Gasteiger partial charge is 0.264 e. The molecule has 0 heterocycles. The van der Waals surface area contributed by atoms with E-state index in [4.69, 9.17) is 4.74 Å². The van der Waals surface area contributed by atoms with Crippen LogP contribution in [0.4, 0.5) is 10.1 Å². The zero-order chi connectivity index (χ0) is 29.5. The predicted octanol–water partition coefficient (Wildman–Crippen LogP) is 4.75. The highest BCUT2D eigenvalue weighted by atomic mass is 32.2. The first-order valence-electron chi connectivity index (χ1n) is 12.9. The zero-order valence-corrected chi connectivity index (χ0v) is 24.2. The van der Waals surface area contributed by atoms with Crippen LogP contribution < -0.4 is 14.4 Å². The molecule has 1 N–H and O–H groups in total. The number of methoxy groups -OCH3 is 1. The molecule has 2 amide bonds. The standard InChI is InChI=1S/C30H36FN3O5S/c1-6-25(29(36)32-30(2,3)4)33(20-22-16-18-23(31)19-17-22)28(35)21-34(26-14-10-11-15-27(26)39-5)40(37,38)24-12-8-7-9-13-24/h7-19,25H,6,20-21H2,1-5H3,(H,32,36)/t25-/m0/s1. The summed E-state index contributed by atoms with van der Waals surface area (Å²) in [4.78, 5) is 28.8. The molecule has 0 aliphatic heterocycles. The van der Waals surface area contributed by atoms with E-state index in [1.165, 1.54) is 48.4 Å². The van der Waals surface area contributed by atoms with Crippen LogP contribution in [-0.4, -0.2) is 50.4 Å². The maximum Gasteiger partial charge on any atom is 0.264 e. The number of para-hydroxylation sites is 2. The molecule has 3 aromatic carbocycles. The molecule has 0 saturated heterocycles. The SMILES string of the molecule is CC[C@@H](C(=O)NC(C)(C)C)N(Cc1ccc(F)cc1)C(=O)CN(c1ccccc1OC)S(=O)(=O)c1ccccc1. The van der Waals surface area contributed by atoms with E-state index in [9.17, 15) is 22.4 Å². The molecular weight excluding hydrogens is 533 g/mol. The second-order valence-corrected chi connectivity index (χ2v) is 12.2.